The Morgan fingerprint density at radius 3 is 2.38 bits per heavy atom. The van der Waals surface area contributed by atoms with Crippen molar-refractivity contribution in [3.63, 3.8) is 0 Å². The number of nitrogens with one attached hydrogen (secondary N) is 1. The maximum absolute atomic E-state index is 7.74. The Bertz CT molecular complexity index is 168. The summed E-state index contributed by atoms with van der Waals surface area (Å²) < 4.78 is 10.7. The van der Waals surface area contributed by atoms with Crippen LogP contribution in [0.15, 0.2) is 0 Å². The van der Waals surface area contributed by atoms with Crippen molar-refractivity contribution in [3.05, 3.63) is 0 Å². The zero-order valence-electron chi connectivity index (χ0n) is 8.56. The van der Waals surface area contributed by atoms with Crippen molar-refractivity contribution in [1.82, 2.24) is 0 Å². The molecule has 1 N–H and O–H groups in total. The molecule has 0 amide bonds. The molecule has 0 aliphatic heterocycles. The second kappa shape index (κ2) is 4.61. The van der Waals surface area contributed by atoms with Gasteiger partial charge in [-0.15, -0.1) is 0 Å². The summed E-state index contributed by atoms with van der Waals surface area (Å²) in [6, 6.07) is 0. The molecule has 0 saturated heterocycles. The Kier molecular flexibility index (Phi) is 3.72. The Balaban J connectivity index is 2.66. The third-order valence-electron chi connectivity index (χ3n) is 2.70. The van der Waals surface area contributed by atoms with E-state index in [9.17, 15) is 0 Å². The molecule has 0 heterocycles. The van der Waals surface area contributed by atoms with Crippen LogP contribution in [-0.4, -0.2) is 25.2 Å². The Morgan fingerprint density at radius 1 is 1.31 bits per heavy atom. The molecular weight excluding hydrogens is 166 g/mol. The predicted molar refractivity (Wildman–Crippen MR) is 52.2 cm³/mol. The monoisotopic (exact) mass is 185 g/mol. The standard InChI is InChI=1S/C10H19NO2/c1-3-13-10(9(11)12-2)7-5-4-6-8-10/h11H,3-8H2,1-2H3. The van der Waals surface area contributed by atoms with Gasteiger partial charge in [-0.2, -0.15) is 0 Å². The Labute approximate surface area is 79.9 Å². The summed E-state index contributed by atoms with van der Waals surface area (Å²) in [4.78, 5) is 0. The molecule has 0 atom stereocenters. The van der Waals surface area contributed by atoms with Gasteiger partial charge in [-0.25, -0.2) is 0 Å². The van der Waals surface area contributed by atoms with E-state index in [0.717, 1.165) is 25.7 Å². The van der Waals surface area contributed by atoms with E-state index in [1.165, 1.54) is 6.42 Å². The van der Waals surface area contributed by atoms with Gasteiger partial charge in [0.25, 0.3) is 0 Å². The van der Waals surface area contributed by atoms with Gasteiger partial charge in [0, 0.05) is 6.61 Å². The van der Waals surface area contributed by atoms with E-state index >= 15 is 0 Å². The highest BCUT2D eigenvalue weighted by molar-refractivity contribution is 5.82. The molecular formula is C10H19NO2. The molecule has 0 bridgehead atoms. The zero-order chi connectivity index (χ0) is 9.73. The van der Waals surface area contributed by atoms with E-state index < -0.39 is 5.60 Å². The molecule has 0 aromatic rings. The minimum Gasteiger partial charge on any atom is -0.482 e. The van der Waals surface area contributed by atoms with Gasteiger partial charge in [0.2, 0.25) is 5.90 Å². The molecule has 13 heavy (non-hydrogen) atoms. The number of rotatable bonds is 3. The maximum Gasteiger partial charge on any atom is 0.213 e. The maximum atomic E-state index is 7.74. The fourth-order valence-electron chi connectivity index (χ4n) is 2.02. The molecule has 0 aromatic heterocycles. The predicted octanol–water partition coefficient (Wildman–Crippen LogP) is 2.35. The van der Waals surface area contributed by atoms with E-state index in [-0.39, 0.29) is 0 Å². The summed E-state index contributed by atoms with van der Waals surface area (Å²) in [6.45, 7) is 2.63. The minimum atomic E-state index is -0.401. The van der Waals surface area contributed by atoms with E-state index in [1.54, 1.807) is 7.11 Å². The summed E-state index contributed by atoms with van der Waals surface area (Å²) in [7, 11) is 1.55. The van der Waals surface area contributed by atoms with Gasteiger partial charge in [-0.3, -0.25) is 5.41 Å². The third-order valence-corrected chi connectivity index (χ3v) is 2.70. The first-order valence-corrected chi connectivity index (χ1v) is 5.02. The van der Waals surface area contributed by atoms with Gasteiger partial charge >= 0.3 is 0 Å². The van der Waals surface area contributed by atoms with Gasteiger partial charge in [-0.1, -0.05) is 19.3 Å². The average Bonchev–Trinajstić information content (AvgIpc) is 2.18. The molecule has 1 rings (SSSR count). The van der Waals surface area contributed by atoms with Gasteiger partial charge in [0.15, 0.2) is 0 Å². The molecule has 1 saturated carbocycles. The summed E-state index contributed by atoms with van der Waals surface area (Å²) in [5.41, 5.74) is -0.401. The van der Waals surface area contributed by atoms with Crippen molar-refractivity contribution in [2.24, 2.45) is 0 Å². The number of hydrogen-bond donors (Lipinski definition) is 1. The third kappa shape index (κ3) is 2.21. The molecule has 1 aliphatic rings. The van der Waals surface area contributed by atoms with Crippen molar-refractivity contribution in [1.29, 1.82) is 5.41 Å². The van der Waals surface area contributed by atoms with Crippen LogP contribution in [0.4, 0.5) is 0 Å². The highest BCUT2D eigenvalue weighted by atomic mass is 16.5. The SMILES string of the molecule is CCOC1(C(=N)OC)CCCCC1. The summed E-state index contributed by atoms with van der Waals surface area (Å²) >= 11 is 0. The summed E-state index contributed by atoms with van der Waals surface area (Å²) in [5.74, 6) is 0.300. The highest BCUT2D eigenvalue weighted by Gasteiger charge is 2.38. The van der Waals surface area contributed by atoms with E-state index in [1.807, 2.05) is 6.92 Å². The van der Waals surface area contributed by atoms with Gasteiger partial charge in [0.1, 0.15) is 5.60 Å². The fourth-order valence-corrected chi connectivity index (χ4v) is 2.02. The molecule has 0 spiro atoms. The Hall–Kier alpha value is -0.570. The van der Waals surface area contributed by atoms with Crippen LogP contribution in [0, 0.1) is 5.41 Å². The number of hydrogen-bond acceptors (Lipinski definition) is 3. The van der Waals surface area contributed by atoms with Crippen LogP contribution in [-0.2, 0) is 9.47 Å². The fraction of sp³-hybridized carbons (Fsp3) is 0.900. The largest absolute Gasteiger partial charge is 0.482 e. The van der Waals surface area contributed by atoms with E-state index in [0.29, 0.717) is 12.5 Å². The van der Waals surface area contributed by atoms with Crippen molar-refractivity contribution < 1.29 is 9.47 Å². The summed E-state index contributed by atoms with van der Waals surface area (Å²) in [5, 5.41) is 7.74. The van der Waals surface area contributed by atoms with Gasteiger partial charge in [-0.05, 0) is 19.8 Å². The van der Waals surface area contributed by atoms with Crippen LogP contribution >= 0.6 is 0 Å². The first-order valence-electron chi connectivity index (χ1n) is 5.02. The number of methoxy groups -OCH3 is 1. The van der Waals surface area contributed by atoms with E-state index in [4.69, 9.17) is 14.9 Å². The second-order valence-corrected chi connectivity index (χ2v) is 3.52. The van der Waals surface area contributed by atoms with Crippen molar-refractivity contribution in [2.75, 3.05) is 13.7 Å². The van der Waals surface area contributed by atoms with Crippen molar-refractivity contribution in [2.45, 2.75) is 44.6 Å². The van der Waals surface area contributed by atoms with Crippen molar-refractivity contribution >= 4 is 5.90 Å². The molecule has 1 aliphatic carbocycles. The topological polar surface area (TPSA) is 42.3 Å². The van der Waals surface area contributed by atoms with Crippen LogP contribution < -0.4 is 0 Å². The van der Waals surface area contributed by atoms with Crippen LogP contribution in [0.2, 0.25) is 0 Å². The van der Waals surface area contributed by atoms with Crippen LogP contribution in [0.3, 0.4) is 0 Å². The summed E-state index contributed by atoms with van der Waals surface area (Å²) in [6.07, 6.45) is 5.42. The molecule has 0 unspecified atom stereocenters. The molecule has 3 heteroatoms. The lowest BCUT2D eigenvalue weighted by atomic mass is 9.84. The van der Waals surface area contributed by atoms with Gasteiger partial charge in [0.05, 0.1) is 7.11 Å². The minimum absolute atomic E-state index is 0.300. The first kappa shape index (κ1) is 10.5. The lowest BCUT2D eigenvalue weighted by molar-refractivity contribution is -0.0261. The van der Waals surface area contributed by atoms with Gasteiger partial charge < -0.3 is 9.47 Å². The second-order valence-electron chi connectivity index (χ2n) is 3.52. The van der Waals surface area contributed by atoms with E-state index in [2.05, 4.69) is 0 Å². The molecule has 0 radical (unpaired) electrons. The highest BCUT2D eigenvalue weighted by Crippen LogP contribution is 2.32. The van der Waals surface area contributed by atoms with Crippen LogP contribution in [0.25, 0.3) is 0 Å². The quantitative estimate of drug-likeness (QED) is 0.541. The number of ether oxygens (including phenoxy) is 2. The molecule has 1 fully saturated rings. The molecule has 3 nitrogen and oxygen atoms in total. The van der Waals surface area contributed by atoms with Crippen molar-refractivity contribution in [3.8, 4) is 0 Å². The zero-order valence-corrected chi connectivity index (χ0v) is 8.56. The lowest BCUT2D eigenvalue weighted by Gasteiger charge is -2.35. The van der Waals surface area contributed by atoms with Crippen LogP contribution in [0.1, 0.15) is 39.0 Å². The Morgan fingerprint density at radius 2 is 1.92 bits per heavy atom. The normalized spacial score (nSPS) is 21.1. The lowest BCUT2D eigenvalue weighted by Crippen LogP contribution is -2.43. The average molecular weight is 185 g/mol. The molecule has 0 aromatic carbocycles. The molecule has 76 valence electrons. The first-order chi connectivity index (χ1) is 6.25. The smallest absolute Gasteiger partial charge is 0.213 e. The van der Waals surface area contributed by atoms with Crippen LogP contribution in [0.5, 0.6) is 0 Å².